The van der Waals surface area contributed by atoms with Crippen molar-refractivity contribution in [2.24, 2.45) is 0 Å². The van der Waals surface area contributed by atoms with Crippen LogP contribution in [0.3, 0.4) is 0 Å². The smallest absolute Gasteiger partial charge is 0.350 e. The predicted molar refractivity (Wildman–Crippen MR) is 96.3 cm³/mol. The first-order valence-electron chi connectivity index (χ1n) is 7.70. The van der Waals surface area contributed by atoms with Crippen LogP contribution in [0.4, 0.5) is 0 Å². The Labute approximate surface area is 153 Å². The third kappa shape index (κ3) is 4.05. The Morgan fingerprint density at radius 3 is 2.96 bits per heavy atom. The van der Waals surface area contributed by atoms with Crippen molar-refractivity contribution in [3.8, 4) is 5.69 Å². The highest BCUT2D eigenvalue weighted by atomic mass is 32.2. The molecule has 2 heterocycles. The Kier molecular flexibility index (Phi) is 5.44. The molecule has 7 nitrogen and oxygen atoms in total. The molecule has 0 N–H and O–H groups in total. The number of aromatic nitrogens is 5. The van der Waals surface area contributed by atoms with Gasteiger partial charge in [0.25, 0.3) is 0 Å². The van der Waals surface area contributed by atoms with E-state index in [1.165, 1.54) is 23.1 Å². The molecule has 0 atom stereocenters. The number of tetrazole rings is 1. The summed E-state index contributed by atoms with van der Waals surface area (Å²) in [5.41, 5.74) is 2.74. The van der Waals surface area contributed by atoms with Crippen LogP contribution in [0.25, 0.3) is 5.69 Å². The van der Waals surface area contributed by atoms with E-state index >= 15 is 0 Å². The summed E-state index contributed by atoms with van der Waals surface area (Å²) in [6.07, 6.45) is 0. The van der Waals surface area contributed by atoms with Crippen molar-refractivity contribution in [2.75, 3.05) is 6.61 Å². The lowest BCUT2D eigenvalue weighted by molar-refractivity contribution is 0.0531. The van der Waals surface area contributed by atoms with Crippen LogP contribution in [0, 0.1) is 13.8 Å². The normalized spacial score (nSPS) is 10.8. The highest BCUT2D eigenvalue weighted by molar-refractivity contribution is 7.98. The van der Waals surface area contributed by atoms with Gasteiger partial charge in [0.1, 0.15) is 9.88 Å². The molecule has 0 fully saturated rings. The van der Waals surface area contributed by atoms with E-state index in [2.05, 4.69) is 20.5 Å². The van der Waals surface area contributed by atoms with Crippen LogP contribution in [-0.4, -0.2) is 37.8 Å². The molecule has 9 heteroatoms. The van der Waals surface area contributed by atoms with Crippen LogP contribution >= 0.6 is 23.1 Å². The van der Waals surface area contributed by atoms with Crippen molar-refractivity contribution < 1.29 is 9.53 Å². The summed E-state index contributed by atoms with van der Waals surface area (Å²) in [5, 5.41) is 13.4. The molecule has 0 aliphatic heterocycles. The number of carbonyl (C=O) groups excluding carboxylic acids is 1. The number of hydrogen-bond acceptors (Lipinski definition) is 8. The van der Waals surface area contributed by atoms with Crippen LogP contribution < -0.4 is 0 Å². The molecule has 0 saturated heterocycles. The van der Waals surface area contributed by atoms with Gasteiger partial charge < -0.3 is 4.74 Å². The molecule has 25 heavy (non-hydrogen) atoms. The number of ether oxygens (including phenoxy) is 1. The average molecular weight is 375 g/mol. The van der Waals surface area contributed by atoms with Gasteiger partial charge in [-0.2, -0.15) is 4.68 Å². The van der Waals surface area contributed by atoms with Gasteiger partial charge in [-0.3, -0.25) is 0 Å². The van der Waals surface area contributed by atoms with E-state index in [9.17, 15) is 4.79 Å². The third-order valence-electron chi connectivity index (χ3n) is 3.31. The van der Waals surface area contributed by atoms with Gasteiger partial charge in [0.2, 0.25) is 5.16 Å². The summed E-state index contributed by atoms with van der Waals surface area (Å²) in [5.74, 6) is 0.259. The zero-order chi connectivity index (χ0) is 17.8. The Balaban J connectivity index is 1.74. The van der Waals surface area contributed by atoms with Crippen LogP contribution in [0.1, 0.15) is 32.9 Å². The van der Waals surface area contributed by atoms with Crippen LogP contribution in [-0.2, 0) is 10.5 Å². The largest absolute Gasteiger partial charge is 0.462 e. The topological polar surface area (TPSA) is 82.8 Å². The van der Waals surface area contributed by atoms with Crippen molar-refractivity contribution >= 4 is 29.1 Å². The molecule has 0 aliphatic rings. The molecule has 130 valence electrons. The van der Waals surface area contributed by atoms with Gasteiger partial charge in [-0.25, -0.2) is 9.78 Å². The van der Waals surface area contributed by atoms with E-state index in [4.69, 9.17) is 4.74 Å². The second-order valence-corrected chi connectivity index (χ2v) is 7.27. The lowest BCUT2D eigenvalue weighted by atomic mass is 10.2. The van der Waals surface area contributed by atoms with E-state index in [1.807, 2.05) is 38.1 Å². The number of thioether (sulfide) groups is 1. The number of benzene rings is 1. The summed E-state index contributed by atoms with van der Waals surface area (Å²) >= 11 is 2.83. The minimum atomic E-state index is -0.321. The van der Waals surface area contributed by atoms with Gasteiger partial charge in [-0.1, -0.05) is 23.9 Å². The molecule has 3 aromatic rings. The first kappa shape index (κ1) is 17.6. The predicted octanol–water partition coefficient (Wildman–Crippen LogP) is 3.20. The lowest BCUT2D eigenvalue weighted by Crippen LogP contribution is -2.03. The maximum absolute atomic E-state index is 11.9. The average Bonchev–Trinajstić information content (AvgIpc) is 3.19. The zero-order valence-corrected chi connectivity index (χ0v) is 15.7. The second-order valence-electron chi connectivity index (χ2n) is 5.24. The summed E-state index contributed by atoms with van der Waals surface area (Å²) < 4.78 is 6.75. The van der Waals surface area contributed by atoms with E-state index in [-0.39, 0.29) is 5.97 Å². The molecule has 0 unspecified atom stereocenters. The van der Waals surface area contributed by atoms with Gasteiger partial charge in [0, 0.05) is 0 Å². The lowest BCUT2D eigenvalue weighted by Gasteiger charge is -2.04. The van der Waals surface area contributed by atoms with Gasteiger partial charge in [0.15, 0.2) is 0 Å². The first-order chi connectivity index (χ1) is 12.1. The van der Waals surface area contributed by atoms with Gasteiger partial charge in [-0.05, 0) is 48.9 Å². The zero-order valence-electron chi connectivity index (χ0n) is 14.1. The van der Waals surface area contributed by atoms with Crippen molar-refractivity contribution in [3.63, 3.8) is 0 Å². The number of thiazole rings is 1. The molecule has 3 rings (SSSR count). The Hall–Kier alpha value is -2.26. The molecule has 0 bridgehead atoms. The van der Waals surface area contributed by atoms with E-state index in [1.54, 1.807) is 11.6 Å². The van der Waals surface area contributed by atoms with E-state index < -0.39 is 0 Å². The summed E-state index contributed by atoms with van der Waals surface area (Å²) in [6.45, 7) is 5.98. The first-order valence-corrected chi connectivity index (χ1v) is 9.50. The minimum Gasteiger partial charge on any atom is -0.462 e. The standard InChI is InChI=1S/C16H17N5O2S2/c1-4-23-15(22)14-11(3)17-13(25-14)9-24-16-18-19-20-21(16)12-7-5-6-10(2)8-12/h5-8H,4,9H2,1-3H3. The highest BCUT2D eigenvalue weighted by Gasteiger charge is 2.17. The fourth-order valence-electron chi connectivity index (χ4n) is 2.22. The SMILES string of the molecule is CCOC(=O)c1sc(CSc2nnnn2-c2cccc(C)c2)nc1C. The fraction of sp³-hybridized carbons (Fsp3) is 0.312. The van der Waals surface area contributed by atoms with Crippen molar-refractivity contribution in [3.05, 3.63) is 45.4 Å². The van der Waals surface area contributed by atoms with Crippen LogP contribution in [0.2, 0.25) is 0 Å². The molecule has 0 saturated carbocycles. The third-order valence-corrected chi connectivity index (χ3v) is 5.56. The molecule has 1 aromatic carbocycles. The molecule has 0 aliphatic carbocycles. The monoisotopic (exact) mass is 375 g/mol. The molecule has 0 spiro atoms. The molecule has 0 radical (unpaired) electrons. The number of rotatable bonds is 6. The van der Waals surface area contributed by atoms with Crippen molar-refractivity contribution in [2.45, 2.75) is 31.7 Å². The van der Waals surface area contributed by atoms with Crippen molar-refractivity contribution in [1.29, 1.82) is 0 Å². The Morgan fingerprint density at radius 1 is 1.36 bits per heavy atom. The second kappa shape index (κ2) is 7.75. The summed E-state index contributed by atoms with van der Waals surface area (Å²) in [6, 6.07) is 7.97. The molecular formula is C16H17N5O2S2. The number of carbonyl (C=O) groups is 1. The fourth-order valence-corrected chi connectivity index (χ4v) is 4.06. The van der Waals surface area contributed by atoms with E-state index in [0.717, 1.165) is 16.3 Å². The van der Waals surface area contributed by atoms with Gasteiger partial charge >= 0.3 is 5.97 Å². The van der Waals surface area contributed by atoms with Gasteiger partial charge in [-0.15, -0.1) is 16.4 Å². The molecular weight excluding hydrogens is 358 g/mol. The van der Waals surface area contributed by atoms with Crippen molar-refractivity contribution in [1.82, 2.24) is 25.2 Å². The van der Waals surface area contributed by atoms with Gasteiger partial charge in [0.05, 0.1) is 23.7 Å². The number of aryl methyl sites for hydroxylation is 2. The number of hydrogen-bond donors (Lipinski definition) is 0. The van der Waals surface area contributed by atoms with Crippen LogP contribution in [0.15, 0.2) is 29.4 Å². The Bertz CT molecular complexity index is 890. The molecule has 0 amide bonds. The summed E-state index contributed by atoms with van der Waals surface area (Å²) in [4.78, 5) is 16.9. The quantitative estimate of drug-likeness (QED) is 0.483. The maximum Gasteiger partial charge on any atom is 0.350 e. The number of nitrogens with zero attached hydrogens (tertiary/aromatic N) is 5. The Morgan fingerprint density at radius 2 is 2.20 bits per heavy atom. The highest BCUT2D eigenvalue weighted by Crippen LogP contribution is 2.27. The van der Waals surface area contributed by atoms with E-state index in [0.29, 0.717) is 28.1 Å². The minimum absolute atomic E-state index is 0.321. The van der Waals surface area contributed by atoms with Crippen LogP contribution in [0.5, 0.6) is 0 Å². The summed E-state index contributed by atoms with van der Waals surface area (Å²) in [7, 11) is 0. The maximum atomic E-state index is 11.9. The molecule has 2 aromatic heterocycles. The number of esters is 1.